The van der Waals surface area contributed by atoms with Gasteiger partial charge in [0, 0.05) is 45.0 Å². The molecular formula is C56H45BN2. The Balaban J connectivity index is 0.942. The smallest absolute Gasteiger partial charge is 0.252 e. The second-order valence-electron chi connectivity index (χ2n) is 19.3. The fourth-order valence-electron chi connectivity index (χ4n) is 15.8. The molecule has 7 aromatic rings. The third-order valence-electron chi connectivity index (χ3n) is 17.6. The average Bonchev–Trinajstić information content (AvgIpc) is 4.15. The summed E-state index contributed by atoms with van der Waals surface area (Å²) < 4.78 is 0. The van der Waals surface area contributed by atoms with Gasteiger partial charge in [-0.15, -0.1) is 0 Å². The molecule has 2 spiro atoms. The zero-order valence-electron chi connectivity index (χ0n) is 33.4. The summed E-state index contributed by atoms with van der Waals surface area (Å²) in [5, 5.41) is 0. The van der Waals surface area contributed by atoms with Crippen molar-refractivity contribution in [3.8, 4) is 22.3 Å². The maximum atomic E-state index is 2.64. The van der Waals surface area contributed by atoms with Gasteiger partial charge < -0.3 is 9.80 Å². The number of rotatable bonds is 2. The van der Waals surface area contributed by atoms with E-state index in [1.807, 2.05) is 0 Å². The summed E-state index contributed by atoms with van der Waals surface area (Å²) >= 11 is 0. The van der Waals surface area contributed by atoms with Crippen LogP contribution in [-0.4, -0.2) is 6.71 Å². The van der Waals surface area contributed by atoms with Crippen LogP contribution in [0, 0.1) is 23.7 Å². The Morgan fingerprint density at radius 1 is 0.356 bits per heavy atom. The molecule has 4 fully saturated rings. The SMILES string of the molecule is c1ccc2c(c1)B1c3ccccc3N(c3ccc4c(c3)C3(c5ccccc5-4)C4CCC3CC4)c3cccc(c31)N2c1ccc2c(c1)-c1ccccc1C21C2CCC1CC2. The molecule has 3 heteroatoms. The molecule has 7 aromatic carbocycles. The summed E-state index contributed by atoms with van der Waals surface area (Å²) in [6.07, 6.45) is 10.9. The summed E-state index contributed by atoms with van der Waals surface area (Å²) in [5.74, 6) is 2.99. The normalized spacial score (nSPS) is 27.5. The fourth-order valence-corrected chi connectivity index (χ4v) is 15.8. The summed E-state index contributed by atoms with van der Waals surface area (Å²) in [5.41, 5.74) is 24.5. The Bertz CT molecular complexity index is 2960. The lowest BCUT2D eigenvalue weighted by molar-refractivity contribution is 0.400. The predicted octanol–water partition coefficient (Wildman–Crippen LogP) is 11.9. The van der Waals surface area contributed by atoms with Gasteiger partial charge in [-0.05, 0) is 184 Å². The third-order valence-corrected chi connectivity index (χ3v) is 17.6. The highest BCUT2D eigenvalue weighted by Gasteiger charge is 2.61. The molecule has 6 aliphatic carbocycles. The first kappa shape index (κ1) is 32.1. The minimum absolute atomic E-state index is 0.143. The number of hydrogen-bond acceptors (Lipinski definition) is 2. The fraction of sp³-hybridized carbons (Fsp3) is 0.250. The van der Waals surface area contributed by atoms with Crippen LogP contribution in [-0.2, 0) is 10.8 Å². The van der Waals surface area contributed by atoms with Crippen molar-refractivity contribution in [1.29, 1.82) is 0 Å². The molecule has 2 heterocycles. The van der Waals surface area contributed by atoms with Crippen LogP contribution in [0.5, 0.6) is 0 Å². The molecule has 282 valence electrons. The van der Waals surface area contributed by atoms with Gasteiger partial charge in [-0.3, -0.25) is 0 Å². The Labute approximate surface area is 347 Å². The Morgan fingerprint density at radius 2 is 0.780 bits per heavy atom. The Morgan fingerprint density at radius 3 is 1.37 bits per heavy atom. The summed E-state index contributed by atoms with van der Waals surface area (Å²) in [7, 11) is 0. The third kappa shape index (κ3) is 3.64. The van der Waals surface area contributed by atoms with E-state index in [-0.39, 0.29) is 17.5 Å². The van der Waals surface area contributed by atoms with E-state index in [1.54, 1.807) is 22.3 Å². The van der Waals surface area contributed by atoms with Gasteiger partial charge in [0.25, 0.3) is 6.71 Å². The van der Waals surface area contributed by atoms with Crippen molar-refractivity contribution < 1.29 is 0 Å². The highest BCUT2D eigenvalue weighted by atomic mass is 15.2. The van der Waals surface area contributed by atoms with Gasteiger partial charge in [0.15, 0.2) is 0 Å². The zero-order valence-corrected chi connectivity index (χ0v) is 33.4. The van der Waals surface area contributed by atoms with E-state index >= 15 is 0 Å². The van der Waals surface area contributed by atoms with Crippen molar-refractivity contribution in [2.75, 3.05) is 9.80 Å². The second kappa shape index (κ2) is 11.1. The van der Waals surface area contributed by atoms with Gasteiger partial charge in [0.2, 0.25) is 0 Å². The van der Waals surface area contributed by atoms with Crippen molar-refractivity contribution in [1.82, 2.24) is 0 Å². The summed E-state index contributed by atoms with van der Waals surface area (Å²) in [4.78, 5) is 5.24. The largest absolute Gasteiger partial charge is 0.311 e. The molecule has 0 saturated heterocycles. The van der Waals surface area contributed by atoms with Gasteiger partial charge in [-0.1, -0.05) is 103 Å². The van der Waals surface area contributed by atoms with Gasteiger partial charge in [0.1, 0.15) is 0 Å². The molecule has 0 amide bonds. The Hall–Kier alpha value is -5.80. The standard InChI is InChI=1S/C56H45BN2/c1-3-12-44-40(10-1)42-30-28-39(33-47(42)56(44)36-24-25-37(56)27-26-36)59-51-17-8-6-15-49(51)57-48-14-5-7-16-50(48)58(52-18-9-19-53(59)54(52)57)38-29-31-46-43(32-38)41-11-2-4-13-45(41)55(46)34-20-21-35(55)23-22-34/h1-19,28-37H,20-27H2. The highest BCUT2D eigenvalue weighted by molar-refractivity contribution is 7.00. The van der Waals surface area contributed by atoms with E-state index in [0.29, 0.717) is 0 Å². The van der Waals surface area contributed by atoms with E-state index in [2.05, 4.69) is 161 Å². The molecule has 0 N–H and O–H groups in total. The molecule has 15 rings (SSSR count). The van der Waals surface area contributed by atoms with Crippen molar-refractivity contribution in [3.63, 3.8) is 0 Å². The number of para-hydroxylation sites is 2. The summed E-state index contributed by atoms with van der Waals surface area (Å²) in [6, 6.07) is 59.7. The monoisotopic (exact) mass is 756 g/mol. The van der Waals surface area contributed by atoms with E-state index in [9.17, 15) is 0 Å². The molecule has 0 radical (unpaired) electrons. The molecule has 4 bridgehead atoms. The molecule has 4 saturated carbocycles. The predicted molar refractivity (Wildman–Crippen MR) is 244 cm³/mol. The lowest BCUT2D eigenvalue weighted by atomic mass is 9.33. The first-order chi connectivity index (χ1) is 29.3. The van der Waals surface area contributed by atoms with Gasteiger partial charge in [-0.2, -0.15) is 0 Å². The molecule has 0 unspecified atom stereocenters. The lowest BCUT2D eigenvalue weighted by Gasteiger charge is -2.44. The number of benzene rings is 7. The van der Waals surface area contributed by atoms with Crippen LogP contribution in [0.4, 0.5) is 34.1 Å². The van der Waals surface area contributed by atoms with Crippen molar-refractivity contribution in [2.45, 2.75) is 62.2 Å². The van der Waals surface area contributed by atoms with Crippen LogP contribution in [0.15, 0.2) is 152 Å². The zero-order chi connectivity index (χ0) is 38.2. The maximum absolute atomic E-state index is 2.64. The molecule has 8 aliphatic rings. The van der Waals surface area contributed by atoms with Crippen LogP contribution in [0.1, 0.15) is 73.6 Å². The van der Waals surface area contributed by atoms with E-state index in [4.69, 9.17) is 0 Å². The van der Waals surface area contributed by atoms with Crippen molar-refractivity contribution >= 4 is 57.2 Å². The second-order valence-corrected chi connectivity index (χ2v) is 19.3. The molecule has 0 atom stereocenters. The van der Waals surface area contributed by atoms with Gasteiger partial charge >= 0.3 is 0 Å². The van der Waals surface area contributed by atoms with Crippen LogP contribution in [0.25, 0.3) is 22.3 Å². The number of anilines is 6. The van der Waals surface area contributed by atoms with Gasteiger partial charge in [-0.25, -0.2) is 0 Å². The van der Waals surface area contributed by atoms with Crippen LogP contribution >= 0.6 is 0 Å². The average molecular weight is 757 g/mol. The van der Waals surface area contributed by atoms with Crippen molar-refractivity contribution in [3.05, 3.63) is 174 Å². The first-order valence-corrected chi connectivity index (χ1v) is 22.7. The molecular weight excluding hydrogens is 711 g/mol. The molecule has 59 heavy (non-hydrogen) atoms. The molecule has 2 aliphatic heterocycles. The highest BCUT2D eigenvalue weighted by Crippen LogP contribution is 2.69. The minimum atomic E-state index is 0.143. The number of nitrogens with zero attached hydrogens (tertiary/aromatic N) is 2. The topological polar surface area (TPSA) is 6.48 Å². The van der Waals surface area contributed by atoms with Gasteiger partial charge in [0.05, 0.1) is 0 Å². The van der Waals surface area contributed by atoms with Crippen LogP contribution in [0.3, 0.4) is 0 Å². The molecule has 0 aromatic heterocycles. The summed E-state index contributed by atoms with van der Waals surface area (Å²) in [6.45, 7) is 0.143. The van der Waals surface area contributed by atoms with E-state index in [1.165, 1.54) is 124 Å². The minimum Gasteiger partial charge on any atom is -0.311 e. The quantitative estimate of drug-likeness (QED) is 0.162. The van der Waals surface area contributed by atoms with Crippen LogP contribution < -0.4 is 26.2 Å². The van der Waals surface area contributed by atoms with E-state index < -0.39 is 0 Å². The van der Waals surface area contributed by atoms with Crippen molar-refractivity contribution in [2.24, 2.45) is 23.7 Å². The first-order valence-electron chi connectivity index (χ1n) is 22.7. The molecule has 2 nitrogen and oxygen atoms in total. The van der Waals surface area contributed by atoms with Crippen LogP contribution in [0.2, 0.25) is 0 Å². The number of hydrogen-bond donors (Lipinski definition) is 0. The Kier molecular flexibility index (Phi) is 6.02. The lowest BCUT2D eigenvalue weighted by Crippen LogP contribution is -2.61. The van der Waals surface area contributed by atoms with E-state index in [0.717, 1.165) is 23.7 Å². The number of fused-ring (bicyclic) bond motifs is 10. The maximum Gasteiger partial charge on any atom is 0.252 e.